The lowest BCUT2D eigenvalue weighted by molar-refractivity contribution is -0.870. The van der Waals surface area contributed by atoms with Gasteiger partial charge in [0.05, 0.1) is 40.3 Å². The van der Waals surface area contributed by atoms with Gasteiger partial charge in [-0.05, 0) is 89.9 Å². The van der Waals surface area contributed by atoms with Crippen LogP contribution in [0.3, 0.4) is 0 Å². The van der Waals surface area contributed by atoms with Crippen LogP contribution in [0, 0.1) is 0 Å². The van der Waals surface area contributed by atoms with Crippen LogP contribution in [-0.2, 0) is 33.3 Å². The third-order valence-corrected chi connectivity index (χ3v) is 14.6. The number of carbonyl (C=O) groups excluding carboxylic acids is 3. The van der Waals surface area contributed by atoms with Crippen molar-refractivity contribution in [2.75, 3.05) is 47.5 Å². The van der Waals surface area contributed by atoms with E-state index in [1.165, 1.54) is 186 Å². The molecule has 0 amide bonds. The minimum atomic E-state index is -1.63. The maximum absolute atomic E-state index is 12.9. The van der Waals surface area contributed by atoms with Crippen LogP contribution in [-0.4, -0.2) is 82.3 Å². The number of hydrogen-bond donors (Lipinski definition) is 0. The average Bonchev–Trinajstić information content (AvgIpc) is 3.44. The standard InChI is InChI=1S/C72H127NO8/c1-6-8-10-12-14-16-18-20-22-24-26-28-30-32-33-34-35-36-37-39-41-43-45-47-49-51-53-55-57-59-61-63-70(75)81-68(67-80-72(71(76)77)78-65-64-73(3,4)5)66-79-69(74)62-60-58-56-54-52-50-48-46-44-42-40-38-31-29-27-25-23-21-19-17-15-13-11-9-7-2/h8,10,14,16,20,22,25-28,32-33,35-36,68,72H,6-7,9,11-13,15,17-19,21,23-24,29-31,34,37-67H2,1-5H3/b10-8-,16-14-,22-20-,27-25-,28-26-,33-32-,36-35-. The van der Waals surface area contributed by atoms with Crippen molar-refractivity contribution in [1.29, 1.82) is 0 Å². The van der Waals surface area contributed by atoms with Crippen LogP contribution in [0.2, 0.25) is 0 Å². The smallest absolute Gasteiger partial charge is 0.306 e. The monoisotopic (exact) mass is 1130 g/mol. The molecular formula is C72H127NO8. The topological polar surface area (TPSA) is 111 Å². The van der Waals surface area contributed by atoms with Crippen LogP contribution in [0.25, 0.3) is 0 Å². The van der Waals surface area contributed by atoms with E-state index >= 15 is 0 Å². The van der Waals surface area contributed by atoms with Gasteiger partial charge in [0.1, 0.15) is 13.2 Å². The number of carbonyl (C=O) groups is 3. The number of hydrogen-bond acceptors (Lipinski definition) is 8. The van der Waals surface area contributed by atoms with Crippen LogP contribution < -0.4 is 5.11 Å². The zero-order valence-corrected chi connectivity index (χ0v) is 53.4. The van der Waals surface area contributed by atoms with Crippen molar-refractivity contribution in [1.82, 2.24) is 0 Å². The molecule has 0 saturated heterocycles. The molecule has 0 aliphatic carbocycles. The van der Waals surface area contributed by atoms with Crippen molar-refractivity contribution in [3.8, 4) is 0 Å². The van der Waals surface area contributed by atoms with Gasteiger partial charge in [-0.1, -0.05) is 279 Å². The van der Waals surface area contributed by atoms with Crippen molar-refractivity contribution in [2.24, 2.45) is 0 Å². The molecule has 468 valence electrons. The van der Waals surface area contributed by atoms with Gasteiger partial charge in [0.2, 0.25) is 0 Å². The highest BCUT2D eigenvalue weighted by molar-refractivity contribution is 5.70. The van der Waals surface area contributed by atoms with Gasteiger partial charge in [-0.3, -0.25) is 9.59 Å². The average molecular weight is 1130 g/mol. The molecule has 0 saturated carbocycles. The summed E-state index contributed by atoms with van der Waals surface area (Å²) in [5.41, 5.74) is 0. The van der Waals surface area contributed by atoms with Gasteiger partial charge in [0.15, 0.2) is 12.4 Å². The second-order valence-corrected chi connectivity index (χ2v) is 23.7. The van der Waals surface area contributed by atoms with Gasteiger partial charge in [-0.15, -0.1) is 0 Å². The normalized spacial score (nSPS) is 13.2. The van der Waals surface area contributed by atoms with E-state index in [0.29, 0.717) is 23.9 Å². The molecule has 0 radical (unpaired) electrons. The second kappa shape index (κ2) is 62.5. The van der Waals surface area contributed by atoms with Crippen LogP contribution in [0.1, 0.15) is 296 Å². The van der Waals surface area contributed by atoms with E-state index in [1.54, 1.807) is 0 Å². The highest BCUT2D eigenvalue weighted by Gasteiger charge is 2.22. The maximum Gasteiger partial charge on any atom is 0.306 e. The number of likely N-dealkylation sites (N-methyl/N-ethyl adjacent to an activating group) is 1. The number of carboxylic acid groups (broad SMARTS) is 1. The lowest BCUT2D eigenvalue weighted by Crippen LogP contribution is -2.44. The third kappa shape index (κ3) is 63.9. The Labute approximate surface area is 500 Å². The molecule has 0 fully saturated rings. The molecule has 81 heavy (non-hydrogen) atoms. The van der Waals surface area contributed by atoms with Crippen molar-refractivity contribution in [2.45, 2.75) is 309 Å². The van der Waals surface area contributed by atoms with Gasteiger partial charge in [0.25, 0.3) is 0 Å². The third-order valence-electron chi connectivity index (χ3n) is 14.6. The molecule has 0 aliphatic heterocycles. The maximum atomic E-state index is 12.9. The summed E-state index contributed by atoms with van der Waals surface area (Å²) in [6.45, 7) is 4.66. The molecule has 0 aromatic rings. The van der Waals surface area contributed by atoms with Crippen LogP contribution in [0.15, 0.2) is 85.1 Å². The summed E-state index contributed by atoms with van der Waals surface area (Å²) >= 11 is 0. The summed E-state index contributed by atoms with van der Waals surface area (Å²) < 4.78 is 22.8. The fourth-order valence-corrected chi connectivity index (χ4v) is 9.48. The quantitative estimate of drug-likeness (QED) is 0.0195. The van der Waals surface area contributed by atoms with E-state index in [0.717, 1.165) is 77.0 Å². The molecule has 0 bridgehead atoms. The molecule has 0 aromatic heterocycles. The molecule has 0 spiro atoms. The lowest BCUT2D eigenvalue weighted by Gasteiger charge is -2.26. The van der Waals surface area contributed by atoms with Crippen molar-refractivity contribution < 1.29 is 42.9 Å². The fraction of sp³-hybridized carbons (Fsp3) is 0.764. The van der Waals surface area contributed by atoms with Crippen molar-refractivity contribution >= 4 is 17.9 Å². The number of nitrogens with zero attached hydrogens (tertiary/aromatic N) is 1. The summed E-state index contributed by atoms with van der Waals surface area (Å²) in [6, 6.07) is 0. The molecule has 0 aromatic carbocycles. The largest absolute Gasteiger partial charge is 0.545 e. The molecular weight excluding hydrogens is 1010 g/mol. The number of carboxylic acids is 1. The second-order valence-electron chi connectivity index (χ2n) is 23.7. The predicted octanol–water partition coefficient (Wildman–Crippen LogP) is 19.4. The number of esters is 2. The van der Waals surface area contributed by atoms with Crippen LogP contribution in [0.5, 0.6) is 0 Å². The van der Waals surface area contributed by atoms with E-state index in [1.807, 2.05) is 21.1 Å². The first-order chi connectivity index (χ1) is 39.6. The first-order valence-electron chi connectivity index (χ1n) is 33.7. The van der Waals surface area contributed by atoms with Gasteiger partial charge < -0.3 is 33.3 Å². The Balaban J connectivity index is 4.15. The molecule has 0 rings (SSSR count). The minimum Gasteiger partial charge on any atom is -0.545 e. The van der Waals surface area contributed by atoms with Gasteiger partial charge in [-0.2, -0.15) is 0 Å². The first-order valence-corrected chi connectivity index (χ1v) is 33.7. The summed E-state index contributed by atoms with van der Waals surface area (Å²) in [5, 5.41) is 11.8. The number of ether oxygens (including phenoxy) is 4. The Bertz CT molecular complexity index is 1600. The number of quaternary nitrogens is 1. The Morgan fingerprint density at radius 1 is 0.383 bits per heavy atom. The summed E-state index contributed by atoms with van der Waals surface area (Å²) in [4.78, 5) is 37.5. The molecule has 9 nitrogen and oxygen atoms in total. The Hall–Kier alpha value is -3.53. The van der Waals surface area contributed by atoms with Gasteiger partial charge in [-0.25, -0.2) is 0 Å². The summed E-state index contributed by atoms with van der Waals surface area (Å²) in [7, 11) is 5.93. The predicted molar refractivity (Wildman–Crippen MR) is 343 cm³/mol. The summed E-state index contributed by atoms with van der Waals surface area (Å²) in [5.74, 6) is -2.28. The van der Waals surface area contributed by atoms with Crippen molar-refractivity contribution in [3.05, 3.63) is 85.1 Å². The number of rotatable bonds is 62. The first kappa shape index (κ1) is 77.5. The van der Waals surface area contributed by atoms with Crippen LogP contribution >= 0.6 is 0 Å². The number of allylic oxidation sites excluding steroid dienone is 14. The summed E-state index contributed by atoms with van der Waals surface area (Å²) in [6.07, 6.45) is 80.8. The van der Waals surface area contributed by atoms with Gasteiger partial charge in [0, 0.05) is 12.8 Å². The van der Waals surface area contributed by atoms with E-state index in [9.17, 15) is 19.5 Å². The lowest BCUT2D eigenvalue weighted by atomic mass is 10.0. The fourth-order valence-electron chi connectivity index (χ4n) is 9.48. The molecule has 9 heteroatoms. The molecule has 0 aliphatic rings. The molecule has 2 atom stereocenters. The number of aliphatic carboxylic acids is 1. The Morgan fingerprint density at radius 3 is 1.06 bits per heavy atom. The van der Waals surface area contributed by atoms with Crippen molar-refractivity contribution in [3.63, 3.8) is 0 Å². The highest BCUT2D eigenvalue weighted by atomic mass is 16.7. The van der Waals surface area contributed by atoms with E-state index < -0.39 is 24.3 Å². The van der Waals surface area contributed by atoms with E-state index in [-0.39, 0.29) is 32.2 Å². The Kier molecular flexibility index (Phi) is 59.8. The zero-order chi connectivity index (χ0) is 59.1. The minimum absolute atomic E-state index is 0.145. The Morgan fingerprint density at radius 2 is 0.704 bits per heavy atom. The number of unbranched alkanes of at least 4 members (excludes halogenated alkanes) is 33. The molecule has 0 N–H and O–H groups in total. The molecule has 0 heterocycles. The molecule has 2 unspecified atom stereocenters. The van der Waals surface area contributed by atoms with E-state index in [4.69, 9.17) is 18.9 Å². The zero-order valence-electron chi connectivity index (χ0n) is 53.4. The van der Waals surface area contributed by atoms with Crippen LogP contribution in [0.4, 0.5) is 0 Å². The SMILES string of the molecule is CC/C=C\C/C=C\C/C=C\C/C=C\C/C=C\C/C=C\CCCCCCCCCCCCCCC(=O)OC(COC(=O)CCCCCCCCCCCCCCC/C=C\CCCCCCCCCC)COC(OCC[N+](C)(C)C)C(=O)[O-]. The van der Waals surface area contributed by atoms with Gasteiger partial charge >= 0.3 is 11.9 Å². The van der Waals surface area contributed by atoms with E-state index in [2.05, 4.69) is 98.9 Å². The highest BCUT2D eigenvalue weighted by Crippen LogP contribution is 2.17.